The molecule has 0 radical (unpaired) electrons. The molecule has 1 aromatic rings. The first-order chi connectivity index (χ1) is 11.2. The summed E-state index contributed by atoms with van der Waals surface area (Å²) in [6.07, 6.45) is -3.28. The van der Waals surface area contributed by atoms with Gasteiger partial charge in [0.25, 0.3) is 5.69 Å². The summed E-state index contributed by atoms with van der Waals surface area (Å²) in [6, 6.07) is 5.61. The van der Waals surface area contributed by atoms with Gasteiger partial charge in [-0.3, -0.25) is 19.8 Å². The quantitative estimate of drug-likeness (QED) is 0.622. The van der Waals surface area contributed by atoms with Crippen molar-refractivity contribution < 1.29 is 22.9 Å². The standard InChI is InChI=1S/C15H18F3N3O3/c1-19(12-5-2-6-13(8-12)21(23)24)14(22)11-4-3-7-20(9-11)10-15(16,17)18/h2,5-6,8,11H,3-4,7,9-10H2,1H3/t11-/m0/s1. The van der Waals surface area contributed by atoms with E-state index in [-0.39, 0.29) is 18.1 Å². The highest BCUT2D eigenvalue weighted by molar-refractivity contribution is 5.95. The van der Waals surface area contributed by atoms with E-state index in [4.69, 9.17) is 0 Å². The number of amides is 1. The first-order valence-corrected chi connectivity index (χ1v) is 7.48. The van der Waals surface area contributed by atoms with Crippen LogP contribution in [0.4, 0.5) is 24.5 Å². The molecule has 0 aromatic heterocycles. The molecule has 1 heterocycles. The van der Waals surface area contributed by atoms with Gasteiger partial charge in [-0.15, -0.1) is 0 Å². The van der Waals surface area contributed by atoms with Crippen molar-refractivity contribution in [2.24, 2.45) is 5.92 Å². The monoisotopic (exact) mass is 345 g/mol. The Hall–Kier alpha value is -2.16. The van der Waals surface area contributed by atoms with Crippen LogP contribution >= 0.6 is 0 Å². The van der Waals surface area contributed by atoms with Gasteiger partial charge >= 0.3 is 6.18 Å². The minimum Gasteiger partial charge on any atom is -0.315 e. The van der Waals surface area contributed by atoms with Crippen LogP contribution < -0.4 is 4.90 Å². The smallest absolute Gasteiger partial charge is 0.315 e. The summed E-state index contributed by atoms with van der Waals surface area (Å²) in [5.74, 6) is -0.882. The molecule has 132 valence electrons. The highest BCUT2D eigenvalue weighted by Gasteiger charge is 2.35. The molecule has 0 aliphatic carbocycles. The number of nitro benzene ring substituents is 1. The number of nitrogens with zero attached hydrogens (tertiary/aromatic N) is 3. The van der Waals surface area contributed by atoms with Crippen molar-refractivity contribution >= 4 is 17.3 Å². The van der Waals surface area contributed by atoms with Crippen molar-refractivity contribution in [1.29, 1.82) is 0 Å². The number of likely N-dealkylation sites (tertiary alicyclic amines) is 1. The molecule has 1 fully saturated rings. The number of non-ortho nitro benzene ring substituents is 1. The number of nitro groups is 1. The Morgan fingerprint density at radius 2 is 2.17 bits per heavy atom. The predicted octanol–water partition coefficient (Wildman–Crippen LogP) is 2.83. The van der Waals surface area contributed by atoms with E-state index in [1.165, 1.54) is 35.0 Å². The fourth-order valence-electron chi connectivity index (χ4n) is 2.87. The number of rotatable bonds is 4. The van der Waals surface area contributed by atoms with E-state index in [1.807, 2.05) is 0 Å². The molecule has 1 aliphatic heterocycles. The Morgan fingerprint density at radius 1 is 1.46 bits per heavy atom. The van der Waals surface area contributed by atoms with Crippen LogP contribution in [0, 0.1) is 16.0 Å². The van der Waals surface area contributed by atoms with Crippen LogP contribution in [0.1, 0.15) is 12.8 Å². The molecule has 2 rings (SSSR count). The number of hydrogen-bond acceptors (Lipinski definition) is 4. The van der Waals surface area contributed by atoms with Gasteiger partial charge in [-0.2, -0.15) is 13.2 Å². The zero-order chi connectivity index (χ0) is 17.9. The molecule has 0 spiro atoms. The Balaban J connectivity index is 2.07. The van der Waals surface area contributed by atoms with Crippen LogP contribution in [-0.2, 0) is 4.79 Å². The van der Waals surface area contributed by atoms with Gasteiger partial charge in [0.1, 0.15) is 0 Å². The van der Waals surface area contributed by atoms with Crippen molar-refractivity contribution in [1.82, 2.24) is 4.90 Å². The molecule has 1 aliphatic rings. The molecule has 0 bridgehead atoms. The third-order valence-corrected chi connectivity index (χ3v) is 4.02. The minimum atomic E-state index is -4.29. The lowest BCUT2D eigenvalue weighted by atomic mass is 9.96. The number of carbonyl (C=O) groups excluding carboxylic acids is 1. The van der Waals surface area contributed by atoms with E-state index in [2.05, 4.69) is 0 Å². The number of piperidine rings is 1. The van der Waals surface area contributed by atoms with Crippen molar-refractivity contribution in [3.8, 4) is 0 Å². The average molecular weight is 345 g/mol. The van der Waals surface area contributed by atoms with Crippen LogP contribution in [0.3, 0.4) is 0 Å². The number of alkyl halides is 3. The molecule has 0 saturated carbocycles. The van der Waals surface area contributed by atoms with Crippen molar-refractivity contribution in [2.75, 3.05) is 31.6 Å². The fourth-order valence-corrected chi connectivity index (χ4v) is 2.87. The molecular weight excluding hydrogens is 327 g/mol. The lowest BCUT2D eigenvalue weighted by Crippen LogP contribution is -2.46. The third-order valence-electron chi connectivity index (χ3n) is 4.02. The van der Waals surface area contributed by atoms with Gasteiger partial charge < -0.3 is 4.90 Å². The third kappa shape index (κ3) is 4.67. The van der Waals surface area contributed by atoms with Crippen LogP contribution in [0.25, 0.3) is 0 Å². The van der Waals surface area contributed by atoms with Crippen molar-refractivity contribution in [3.05, 3.63) is 34.4 Å². The summed E-state index contributed by atoms with van der Waals surface area (Å²) in [5.41, 5.74) is 0.205. The van der Waals surface area contributed by atoms with E-state index in [1.54, 1.807) is 6.07 Å². The number of anilines is 1. The normalized spacial score (nSPS) is 19.1. The molecule has 1 amide bonds. The second kappa shape index (κ2) is 7.16. The van der Waals surface area contributed by atoms with Gasteiger partial charge in [-0.05, 0) is 25.5 Å². The van der Waals surface area contributed by atoms with Gasteiger partial charge in [-0.25, -0.2) is 0 Å². The molecule has 1 saturated heterocycles. The average Bonchev–Trinajstić information content (AvgIpc) is 2.52. The maximum Gasteiger partial charge on any atom is 0.401 e. The van der Waals surface area contributed by atoms with Crippen molar-refractivity contribution in [2.45, 2.75) is 19.0 Å². The molecular formula is C15H18F3N3O3. The topological polar surface area (TPSA) is 66.7 Å². The lowest BCUT2D eigenvalue weighted by molar-refractivity contribution is -0.384. The largest absolute Gasteiger partial charge is 0.401 e. The second-order valence-corrected chi connectivity index (χ2v) is 5.86. The summed E-state index contributed by atoms with van der Waals surface area (Å²) in [4.78, 5) is 25.3. The number of carbonyl (C=O) groups is 1. The Bertz CT molecular complexity index is 621. The number of hydrogen-bond donors (Lipinski definition) is 0. The molecule has 1 atom stereocenters. The molecule has 6 nitrogen and oxygen atoms in total. The number of benzene rings is 1. The van der Waals surface area contributed by atoms with Crippen molar-refractivity contribution in [3.63, 3.8) is 0 Å². The summed E-state index contributed by atoms with van der Waals surface area (Å²) < 4.78 is 37.5. The molecule has 9 heteroatoms. The van der Waals surface area contributed by atoms with Gasteiger partial charge in [-0.1, -0.05) is 6.07 Å². The predicted molar refractivity (Wildman–Crippen MR) is 81.7 cm³/mol. The second-order valence-electron chi connectivity index (χ2n) is 5.86. The Morgan fingerprint density at radius 3 is 2.79 bits per heavy atom. The summed E-state index contributed by atoms with van der Waals surface area (Å²) in [5, 5.41) is 10.8. The Labute approximate surface area is 137 Å². The number of halogens is 3. The van der Waals surface area contributed by atoms with E-state index in [0.717, 1.165) is 0 Å². The maximum atomic E-state index is 12.5. The van der Waals surface area contributed by atoms with E-state index in [9.17, 15) is 28.1 Å². The highest BCUT2D eigenvalue weighted by Crippen LogP contribution is 2.26. The van der Waals surface area contributed by atoms with E-state index >= 15 is 0 Å². The lowest BCUT2D eigenvalue weighted by Gasteiger charge is -2.34. The van der Waals surface area contributed by atoms with Crippen LogP contribution in [0.5, 0.6) is 0 Å². The molecule has 1 aromatic carbocycles. The van der Waals surface area contributed by atoms with Crippen LogP contribution in [0.2, 0.25) is 0 Å². The van der Waals surface area contributed by atoms with E-state index < -0.39 is 23.6 Å². The van der Waals surface area contributed by atoms with Gasteiger partial charge in [0.15, 0.2) is 0 Å². The first kappa shape index (κ1) is 18.2. The summed E-state index contributed by atoms with van der Waals surface area (Å²) in [6.45, 7) is -0.682. The zero-order valence-electron chi connectivity index (χ0n) is 13.1. The fraction of sp³-hybridized carbons (Fsp3) is 0.533. The molecule has 0 N–H and O–H groups in total. The zero-order valence-corrected chi connectivity index (χ0v) is 13.1. The van der Waals surface area contributed by atoms with Gasteiger partial charge in [0.05, 0.1) is 23.1 Å². The summed E-state index contributed by atoms with van der Waals surface area (Å²) >= 11 is 0. The first-order valence-electron chi connectivity index (χ1n) is 7.48. The summed E-state index contributed by atoms with van der Waals surface area (Å²) in [7, 11) is 1.48. The highest BCUT2D eigenvalue weighted by atomic mass is 19.4. The minimum absolute atomic E-state index is 0.0393. The van der Waals surface area contributed by atoms with Gasteiger partial charge in [0.2, 0.25) is 5.91 Å². The Kier molecular flexibility index (Phi) is 5.43. The van der Waals surface area contributed by atoms with E-state index in [0.29, 0.717) is 25.1 Å². The SMILES string of the molecule is CN(C(=O)[C@H]1CCCN(CC(F)(F)F)C1)c1cccc([N+](=O)[O-])c1. The van der Waals surface area contributed by atoms with Crippen LogP contribution in [-0.4, -0.2) is 48.6 Å². The maximum absolute atomic E-state index is 12.5. The molecule has 0 unspecified atom stereocenters. The molecule has 24 heavy (non-hydrogen) atoms. The van der Waals surface area contributed by atoms with Crippen LogP contribution in [0.15, 0.2) is 24.3 Å². The van der Waals surface area contributed by atoms with Gasteiger partial charge in [0, 0.05) is 25.7 Å².